The van der Waals surface area contributed by atoms with Crippen molar-refractivity contribution in [2.24, 2.45) is 5.92 Å². The number of hydrogen-bond donors (Lipinski definition) is 1. The minimum Gasteiger partial charge on any atom is -0.303 e. The van der Waals surface area contributed by atoms with Crippen LogP contribution in [-0.2, 0) is 0 Å². The highest BCUT2D eigenvalue weighted by atomic mass is 35.5. The van der Waals surface area contributed by atoms with E-state index in [0.717, 1.165) is 5.56 Å². The van der Waals surface area contributed by atoms with Crippen molar-refractivity contribution in [2.45, 2.75) is 32.9 Å². The Morgan fingerprint density at radius 3 is 2.24 bits per heavy atom. The molecule has 0 heterocycles. The first-order chi connectivity index (χ1) is 9.99. The number of hydrogen-bond acceptors (Lipinski definition) is 1. The van der Waals surface area contributed by atoms with Gasteiger partial charge in [-0.1, -0.05) is 61.8 Å². The fourth-order valence-corrected chi connectivity index (χ4v) is 2.88. The molecule has 2 unspecified atom stereocenters. The topological polar surface area (TPSA) is 12.0 Å². The molecule has 0 amide bonds. The molecule has 0 aliphatic carbocycles. The molecule has 0 aliphatic heterocycles. The predicted molar refractivity (Wildman–Crippen MR) is 87.0 cm³/mol. The molecule has 1 N–H and O–H groups in total. The molecule has 0 bridgehead atoms. The predicted octanol–water partition coefficient (Wildman–Crippen LogP) is 5.53. The van der Waals surface area contributed by atoms with Gasteiger partial charge in [-0.2, -0.15) is 0 Å². The summed E-state index contributed by atoms with van der Waals surface area (Å²) >= 11 is 6.15. The van der Waals surface area contributed by atoms with Gasteiger partial charge in [0.05, 0.1) is 0 Å². The molecule has 2 rings (SSSR count). The van der Waals surface area contributed by atoms with Crippen LogP contribution in [0, 0.1) is 11.7 Å². The fraction of sp³-hybridized carbons (Fsp3) is 0.333. The molecule has 2 aromatic rings. The smallest absolute Gasteiger partial charge is 0.124 e. The molecule has 0 aromatic heterocycles. The first-order valence-electron chi connectivity index (χ1n) is 7.25. The Morgan fingerprint density at radius 1 is 1.00 bits per heavy atom. The summed E-state index contributed by atoms with van der Waals surface area (Å²) in [6.45, 7) is 6.42. The van der Waals surface area contributed by atoms with Crippen molar-refractivity contribution < 1.29 is 4.39 Å². The summed E-state index contributed by atoms with van der Waals surface area (Å²) < 4.78 is 13.2. The van der Waals surface area contributed by atoms with Crippen molar-refractivity contribution in [2.75, 3.05) is 0 Å². The Balaban J connectivity index is 2.21. The van der Waals surface area contributed by atoms with Crippen molar-refractivity contribution in [1.82, 2.24) is 5.32 Å². The lowest BCUT2D eigenvalue weighted by atomic mass is 9.94. The highest BCUT2D eigenvalue weighted by molar-refractivity contribution is 6.31. The number of halogens is 2. The minimum atomic E-state index is -0.306. The zero-order valence-corrected chi connectivity index (χ0v) is 13.4. The molecule has 112 valence electrons. The van der Waals surface area contributed by atoms with Gasteiger partial charge in [0.2, 0.25) is 0 Å². The average Bonchev–Trinajstić information content (AvgIpc) is 2.45. The van der Waals surface area contributed by atoms with Crippen LogP contribution in [0.2, 0.25) is 5.02 Å². The van der Waals surface area contributed by atoms with Gasteiger partial charge in [0.15, 0.2) is 0 Å². The average molecular weight is 306 g/mol. The van der Waals surface area contributed by atoms with Crippen LogP contribution in [0.25, 0.3) is 0 Å². The summed E-state index contributed by atoms with van der Waals surface area (Å²) in [7, 11) is 0. The molecule has 0 spiro atoms. The van der Waals surface area contributed by atoms with Crippen molar-refractivity contribution in [1.29, 1.82) is 0 Å². The van der Waals surface area contributed by atoms with E-state index in [1.807, 2.05) is 18.2 Å². The quantitative estimate of drug-likeness (QED) is 0.766. The van der Waals surface area contributed by atoms with Crippen molar-refractivity contribution in [3.63, 3.8) is 0 Å². The maximum Gasteiger partial charge on any atom is 0.124 e. The summed E-state index contributed by atoms with van der Waals surface area (Å²) in [4.78, 5) is 0. The second kappa shape index (κ2) is 7.06. The van der Waals surface area contributed by atoms with Crippen molar-refractivity contribution in [3.8, 4) is 0 Å². The van der Waals surface area contributed by atoms with Crippen LogP contribution in [0.15, 0.2) is 48.5 Å². The van der Waals surface area contributed by atoms with Crippen LogP contribution in [0.5, 0.6) is 0 Å². The van der Waals surface area contributed by atoms with Gasteiger partial charge in [-0.05, 0) is 36.1 Å². The van der Waals surface area contributed by atoms with E-state index >= 15 is 0 Å². The Labute approximate surface area is 131 Å². The van der Waals surface area contributed by atoms with E-state index < -0.39 is 0 Å². The van der Waals surface area contributed by atoms with E-state index in [0.29, 0.717) is 10.9 Å². The first-order valence-corrected chi connectivity index (χ1v) is 7.62. The summed E-state index contributed by atoms with van der Waals surface area (Å²) in [6.07, 6.45) is 0. The van der Waals surface area contributed by atoms with E-state index in [2.05, 4.69) is 38.2 Å². The minimum absolute atomic E-state index is 0.0470. The second-order valence-corrected chi connectivity index (χ2v) is 6.09. The lowest BCUT2D eigenvalue weighted by Crippen LogP contribution is -2.28. The Morgan fingerprint density at radius 2 is 1.67 bits per heavy atom. The molecular weight excluding hydrogens is 285 g/mol. The summed E-state index contributed by atoms with van der Waals surface area (Å²) in [6, 6.07) is 15.2. The van der Waals surface area contributed by atoms with Crippen LogP contribution in [-0.4, -0.2) is 0 Å². The number of rotatable bonds is 5. The third-order valence-corrected chi connectivity index (χ3v) is 4.01. The van der Waals surface area contributed by atoms with Crippen LogP contribution in [0.4, 0.5) is 4.39 Å². The summed E-state index contributed by atoms with van der Waals surface area (Å²) in [5, 5.41) is 4.07. The number of benzene rings is 2. The van der Waals surface area contributed by atoms with Gasteiger partial charge in [-0.15, -0.1) is 0 Å². The SMILES string of the molecule is CC(NC(c1ccccc1)C(C)C)c1ccc(F)cc1Cl. The summed E-state index contributed by atoms with van der Waals surface area (Å²) in [5.41, 5.74) is 2.16. The highest BCUT2D eigenvalue weighted by Crippen LogP contribution is 2.29. The molecule has 0 aliphatic rings. The second-order valence-electron chi connectivity index (χ2n) is 5.69. The van der Waals surface area contributed by atoms with E-state index in [1.165, 1.54) is 17.7 Å². The Kier molecular flexibility index (Phi) is 5.38. The molecule has 1 nitrogen and oxygen atoms in total. The normalized spacial score (nSPS) is 14.2. The third kappa shape index (κ3) is 4.05. The van der Waals surface area contributed by atoms with Gasteiger partial charge in [0.1, 0.15) is 5.82 Å². The molecular formula is C18H21ClFN. The molecule has 21 heavy (non-hydrogen) atoms. The molecule has 0 radical (unpaired) electrons. The summed E-state index contributed by atoms with van der Waals surface area (Å²) in [5.74, 6) is 0.133. The highest BCUT2D eigenvalue weighted by Gasteiger charge is 2.19. The molecule has 0 saturated heterocycles. The van der Waals surface area contributed by atoms with Crippen LogP contribution in [0.1, 0.15) is 44.0 Å². The van der Waals surface area contributed by atoms with Crippen molar-refractivity contribution >= 4 is 11.6 Å². The maximum absolute atomic E-state index is 13.2. The molecule has 0 saturated carbocycles. The van der Waals surface area contributed by atoms with E-state index in [4.69, 9.17) is 11.6 Å². The monoisotopic (exact) mass is 305 g/mol. The maximum atomic E-state index is 13.2. The van der Waals surface area contributed by atoms with E-state index in [1.54, 1.807) is 6.07 Å². The van der Waals surface area contributed by atoms with Crippen LogP contribution < -0.4 is 5.32 Å². The number of nitrogens with one attached hydrogen (secondary N) is 1. The lowest BCUT2D eigenvalue weighted by molar-refractivity contribution is 0.374. The third-order valence-electron chi connectivity index (χ3n) is 3.68. The standard InChI is InChI=1S/C18H21ClFN/c1-12(2)18(14-7-5-4-6-8-14)21-13(3)16-10-9-15(20)11-17(16)19/h4-13,18,21H,1-3H3. The van der Waals surface area contributed by atoms with Gasteiger partial charge < -0.3 is 5.32 Å². The van der Waals surface area contributed by atoms with Crippen LogP contribution >= 0.6 is 11.6 Å². The van der Waals surface area contributed by atoms with Gasteiger partial charge >= 0.3 is 0 Å². The Hall–Kier alpha value is -1.38. The van der Waals surface area contributed by atoms with Gasteiger partial charge in [0.25, 0.3) is 0 Å². The Bertz CT molecular complexity index is 583. The van der Waals surface area contributed by atoms with Gasteiger partial charge in [0, 0.05) is 17.1 Å². The zero-order chi connectivity index (χ0) is 15.4. The van der Waals surface area contributed by atoms with E-state index in [-0.39, 0.29) is 17.9 Å². The molecule has 0 fully saturated rings. The molecule has 2 aromatic carbocycles. The van der Waals surface area contributed by atoms with Gasteiger partial charge in [-0.3, -0.25) is 0 Å². The lowest BCUT2D eigenvalue weighted by Gasteiger charge is -2.27. The van der Waals surface area contributed by atoms with Crippen LogP contribution in [0.3, 0.4) is 0 Å². The van der Waals surface area contributed by atoms with Crippen molar-refractivity contribution in [3.05, 3.63) is 70.5 Å². The van der Waals surface area contributed by atoms with E-state index in [9.17, 15) is 4.39 Å². The zero-order valence-electron chi connectivity index (χ0n) is 12.6. The fourth-order valence-electron chi connectivity index (χ4n) is 2.55. The molecule has 2 atom stereocenters. The first kappa shape index (κ1) is 16.0. The largest absolute Gasteiger partial charge is 0.303 e. The molecule has 3 heteroatoms. The van der Waals surface area contributed by atoms with Gasteiger partial charge in [-0.25, -0.2) is 4.39 Å².